The molecule has 2 rings (SSSR count). The highest BCUT2D eigenvalue weighted by molar-refractivity contribution is 5.35. The van der Waals surface area contributed by atoms with Crippen molar-refractivity contribution in [2.45, 2.75) is 19.9 Å². The lowest BCUT2D eigenvalue weighted by molar-refractivity contribution is 0.518. The van der Waals surface area contributed by atoms with Crippen molar-refractivity contribution < 1.29 is 13.2 Å². The fourth-order valence-corrected chi connectivity index (χ4v) is 2.11. The Morgan fingerprint density at radius 1 is 1.10 bits per heavy atom. The summed E-state index contributed by atoms with van der Waals surface area (Å²) in [6, 6.07) is 3.04. The van der Waals surface area contributed by atoms with Crippen molar-refractivity contribution in [1.29, 1.82) is 0 Å². The van der Waals surface area contributed by atoms with Crippen LogP contribution in [0.25, 0.3) is 0 Å². The zero-order valence-electron chi connectivity index (χ0n) is 11.3. The molecule has 1 heterocycles. The minimum absolute atomic E-state index is 0.218. The van der Waals surface area contributed by atoms with Crippen molar-refractivity contribution >= 4 is 0 Å². The Morgan fingerprint density at radius 2 is 1.85 bits per heavy atom. The van der Waals surface area contributed by atoms with E-state index in [0.717, 1.165) is 12.3 Å². The van der Waals surface area contributed by atoms with E-state index >= 15 is 0 Å². The number of benzene rings is 1. The van der Waals surface area contributed by atoms with E-state index in [0.29, 0.717) is 12.1 Å². The lowest BCUT2D eigenvalue weighted by atomic mass is 9.97. The second-order valence-corrected chi connectivity index (χ2v) is 4.51. The van der Waals surface area contributed by atoms with Gasteiger partial charge < -0.3 is 5.32 Å². The third-order valence-corrected chi connectivity index (χ3v) is 3.11. The van der Waals surface area contributed by atoms with Gasteiger partial charge in [0.25, 0.3) is 0 Å². The summed E-state index contributed by atoms with van der Waals surface area (Å²) in [6.07, 6.45) is 2.52. The van der Waals surface area contributed by atoms with Crippen LogP contribution in [-0.2, 0) is 0 Å². The van der Waals surface area contributed by atoms with Gasteiger partial charge in [0.2, 0.25) is 0 Å². The van der Waals surface area contributed by atoms with Crippen LogP contribution in [-0.4, -0.2) is 11.5 Å². The first-order chi connectivity index (χ1) is 9.54. The van der Waals surface area contributed by atoms with E-state index in [4.69, 9.17) is 0 Å². The van der Waals surface area contributed by atoms with Crippen molar-refractivity contribution in [2.24, 2.45) is 0 Å². The predicted octanol–water partition coefficient (Wildman–Crippen LogP) is 3.51. The van der Waals surface area contributed by atoms with Crippen molar-refractivity contribution in [3.63, 3.8) is 0 Å². The smallest absolute Gasteiger partial charge is 0.146 e. The van der Waals surface area contributed by atoms with Crippen LogP contribution in [0.5, 0.6) is 0 Å². The Hall–Kier alpha value is -1.88. The second kappa shape index (κ2) is 6.05. The first kappa shape index (κ1) is 14.5. The third-order valence-electron chi connectivity index (χ3n) is 3.11. The van der Waals surface area contributed by atoms with E-state index in [1.54, 1.807) is 6.92 Å². The number of nitrogens with one attached hydrogen (secondary N) is 1. The van der Waals surface area contributed by atoms with Crippen molar-refractivity contribution in [3.8, 4) is 0 Å². The van der Waals surface area contributed by atoms with E-state index < -0.39 is 23.5 Å². The van der Waals surface area contributed by atoms with E-state index in [2.05, 4.69) is 10.3 Å². The lowest BCUT2D eigenvalue weighted by Crippen LogP contribution is -2.24. The molecule has 20 heavy (non-hydrogen) atoms. The van der Waals surface area contributed by atoms with Crippen LogP contribution in [0.4, 0.5) is 13.2 Å². The van der Waals surface area contributed by atoms with Crippen LogP contribution in [0.3, 0.4) is 0 Å². The number of halogens is 3. The van der Waals surface area contributed by atoms with Gasteiger partial charge in [0.1, 0.15) is 17.5 Å². The maximum absolute atomic E-state index is 14.0. The number of rotatable bonds is 4. The third kappa shape index (κ3) is 2.82. The van der Waals surface area contributed by atoms with Crippen molar-refractivity contribution in [2.75, 3.05) is 6.54 Å². The van der Waals surface area contributed by atoms with E-state index in [1.165, 1.54) is 18.3 Å². The van der Waals surface area contributed by atoms with Gasteiger partial charge in [0.15, 0.2) is 0 Å². The van der Waals surface area contributed by atoms with Crippen molar-refractivity contribution in [3.05, 3.63) is 64.7 Å². The minimum Gasteiger partial charge on any atom is -0.306 e. The van der Waals surface area contributed by atoms with Gasteiger partial charge in [0.05, 0.1) is 12.2 Å². The molecule has 1 atom stereocenters. The molecular formula is C15H15F3N2. The Bertz CT molecular complexity index is 614. The van der Waals surface area contributed by atoms with Gasteiger partial charge in [-0.25, -0.2) is 13.2 Å². The van der Waals surface area contributed by atoms with Crippen LogP contribution in [0.1, 0.15) is 29.7 Å². The number of hydrogen-bond donors (Lipinski definition) is 1. The molecule has 0 aliphatic rings. The fourth-order valence-electron chi connectivity index (χ4n) is 2.11. The zero-order valence-corrected chi connectivity index (χ0v) is 11.3. The van der Waals surface area contributed by atoms with E-state index in [1.807, 2.05) is 6.92 Å². The highest BCUT2D eigenvalue weighted by atomic mass is 19.1. The first-order valence-corrected chi connectivity index (χ1v) is 6.33. The Labute approximate surface area is 115 Å². The molecule has 2 aromatic rings. The molecule has 1 N–H and O–H groups in total. The number of aromatic nitrogens is 1. The molecule has 5 heteroatoms. The monoisotopic (exact) mass is 280 g/mol. The predicted molar refractivity (Wildman–Crippen MR) is 70.8 cm³/mol. The summed E-state index contributed by atoms with van der Waals surface area (Å²) in [7, 11) is 0. The summed E-state index contributed by atoms with van der Waals surface area (Å²) in [4.78, 5) is 3.68. The highest BCUT2D eigenvalue weighted by Gasteiger charge is 2.21. The fraction of sp³-hybridized carbons (Fsp3) is 0.267. The van der Waals surface area contributed by atoms with Gasteiger partial charge in [-0.3, -0.25) is 4.98 Å². The molecular weight excluding hydrogens is 265 g/mol. The molecule has 0 fully saturated rings. The molecule has 106 valence electrons. The molecule has 0 saturated heterocycles. The van der Waals surface area contributed by atoms with Crippen LogP contribution in [0.2, 0.25) is 0 Å². The van der Waals surface area contributed by atoms with Crippen LogP contribution >= 0.6 is 0 Å². The van der Waals surface area contributed by atoms with Crippen LogP contribution in [0, 0.1) is 24.4 Å². The maximum Gasteiger partial charge on any atom is 0.146 e. The number of hydrogen-bond acceptors (Lipinski definition) is 2. The summed E-state index contributed by atoms with van der Waals surface area (Å²) in [6.45, 7) is 3.90. The molecule has 0 aliphatic heterocycles. The molecule has 0 radical (unpaired) electrons. The molecule has 0 saturated carbocycles. The first-order valence-electron chi connectivity index (χ1n) is 6.33. The summed E-state index contributed by atoms with van der Waals surface area (Å²) in [5.41, 5.74) is 0.821. The van der Waals surface area contributed by atoms with E-state index in [9.17, 15) is 13.2 Å². The topological polar surface area (TPSA) is 24.9 Å². The molecule has 1 aromatic heterocycles. The average Bonchev–Trinajstić information content (AvgIpc) is 2.42. The summed E-state index contributed by atoms with van der Waals surface area (Å²) >= 11 is 0. The van der Waals surface area contributed by atoms with Crippen LogP contribution in [0.15, 0.2) is 30.6 Å². The quantitative estimate of drug-likeness (QED) is 0.927. The number of aryl methyl sites for hydroxylation is 1. The maximum atomic E-state index is 14.0. The largest absolute Gasteiger partial charge is 0.306 e. The minimum atomic E-state index is -0.699. The van der Waals surface area contributed by atoms with Gasteiger partial charge in [-0.15, -0.1) is 0 Å². The van der Waals surface area contributed by atoms with Gasteiger partial charge in [-0.05, 0) is 31.2 Å². The lowest BCUT2D eigenvalue weighted by Gasteiger charge is -2.20. The molecule has 0 aliphatic carbocycles. The van der Waals surface area contributed by atoms with E-state index in [-0.39, 0.29) is 11.1 Å². The Balaban J connectivity index is 2.54. The highest BCUT2D eigenvalue weighted by Crippen LogP contribution is 2.27. The Kier molecular flexibility index (Phi) is 4.39. The molecule has 1 unspecified atom stereocenters. The van der Waals surface area contributed by atoms with Gasteiger partial charge in [-0.1, -0.05) is 6.92 Å². The number of pyridine rings is 1. The summed E-state index contributed by atoms with van der Waals surface area (Å²) in [5, 5.41) is 3.01. The Morgan fingerprint density at radius 3 is 2.50 bits per heavy atom. The molecule has 2 nitrogen and oxygen atoms in total. The van der Waals surface area contributed by atoms with Crippen molar-refractivity contribution in [1.82, 2.24) is 10.3 Å². The van der Waals surface area contributed by atoms with Gasteiger partial charge in [0, 0.05) is 23.4 Å². The zero-order chi connectivity index (χ0) is 14.7. The van der Waals surface area contributed by atoms with Gasteiger partial charge in [-0.2, -0.15) is 0 Å². The van der Waals surface area contributed by atoms with Crippen LogP contribution < -0.4 is 5.32 Å². The summed E-state index contributed by atoms with van der Waals surface area (Å²) < 4.78 is 41.2. The molecule has 0 bridgehead atoms. The summed E-state index contributed by atoms with van der Waals surface area (Å²) in [5.74, 6) is -1.84. The molecule has 0 spiro atoms. The SMILES string of the molecule is CCNC(c1ccncc1F)c1cc(C)c(F)cc1F. The standard InChI is InChI=1S/C15H15F3N2/c1-3-20-15(10-4-5-19-8-14(10)18)11-6-9(2)12(16)7-13(11)17/h4-8,15,20H,3H2,1-2H3. The second-order valence-electron chi connectivity index (χ2n) is 4.51. The normalized spacial score (nSPS) is 12.4. The molecule has 0 amide bonds. The molecule has 1 aromatic carbocycles. The van der Waals surface area contributed by atoms with Gasteiger partial charge >= 0.3 is 0 Å². The number of nitrogens with zero attached hydrogens (tertiary/aromatic N) is 1. The average molecular weight is 280 g/mol.